The fraction of sp³-hybridized carbons (Fsp3) is 0.333. The Morgan fingerprint density at radius 3 is 2.56 bits per heavy atom. The van der Waals surface area contributed by atoms with Gasteiger partial charge in [0.1, 0.15) is 0 Å². The summed E-state index contributed by atoms with van der Waals surface area (Å²) in [6.45, 7) is 0.768. The lowest BCUT2D eigenvalue weighted by Crippen LogP contribution is -2.26. The molecule has 0 bridgehead atoms. The molecular formula is C12H16N2O2S2. The van der Waals surface area contributed by atoms with E-state index in [4.69, 9.17) is 12.2 Å². The summed E-state index contributed by atoms with van der Waals surface area (Å²) in [7, 11) is -3.43. The Balaban J connectivity index is 2.55. The van der Waals surface area contributed by atoms with Gasteiger partial charge >= 0.3 is 0 Å². The van der Waals surface area contributed by atoms with Crippen LogP contribution in [0.3, 0.4) is 0 Å². The van der Waals surface area contributed by atoms with Gasteiger partial charge in [-0.15, -0.1) is 18.2 Å². The molecule has 0 aliphatic rings. The van der Waals surface area contributed by atoms with Crippen LogP contribution in [-0.4, -0.2) is 26.5 Å². The lowest BCUT2D eigenvalue weighted by Gasteiger charge is -2.06. The SMILES string of the molecule is C#CCSCCNS(=O)(=O)c1ccc(CN)cc1. The average Bonchev–Trinajstić information content (AvgIpc) is 2.38. The molecule has 0 aliphatic carbocycles. The molecule has 0 saturated heterocycles. The number of nitrogens with one attached hydrogen (secondary N) is 1. The van der Waals surface area contributed by atoms with Crippen molar-refractivity contribution in [2.75, 3.05) is 18.1 Å². The van der Waals surface area contributed by atoms with Crippen LogP contribution in [0.25, 0.3) is 0 Å². The van der Waals surface area contributed by atoms with Crippen LogP contribution in [-0.2, 0) is 16.6 Å². The molecule has 0 fully saturated rings. The van der Waals surface area contributed by atoms with Gasteiger partial charge in [-0.1, -0.05) is 18.1 Å². The first-order valence-electron chi connectivity index (χ1n) is 5.40. The van der Waals surface area contributed by atoms with Gasteiger partial charge in [-0.2, -0.15) is 0 Å². The Kier molecular flexibility index (Phi) is 6.22. The zero-order chi connectivity index (χ0) is 13.4. The number of thioether (sulfide) groups is 1. The molecule has 0 aromatic heterocycles. The fourth-order valence-corrected chi connectivity index (χ4v) is 2.94. The van der Waals surface area contributed by atoms with Crippen molar-refractivity contribution in [3.63, 3.8) is 0 Å². The van der Waals surface area contributed by atoms with E-state index in [1.165, 1.54) is 11.8 Å². The van der Waals surface area contributed by atoms with E-state index in [1.54, 1.807) is 24.3 Å². The molecule has 4 nitrogen and oxygen atoms in total. The molecule has 98 valence electrons. The third-order valence-electron chi connectivity index (χ3n) is 2.19. The quantitative estimate of drug-likeness (QED) is 0.573. The van der Waals surface area contributed by atoms with E-state index < -0.39 is 10.0 Å². The minimum absolute atomic E-state index is 0.252. The van der Waals surface area contributed by atoms with E-state index in [9.17, 15) is 8.42 Å². The number of sulfonamides is 1. The molecule has 0 radical (unpaired) electrons. The number of terminal acetylenes is 1. The Hall–Kier alpha value is -1.00. The van der Waals surface area contributed by atoms with Crippen molar-refractivity contribution in [1.82, 2.24) is 4.72 Å². The molecule has 0 heterocycles. The average molecular weight is 284 g/mol. The van der Waals surface area contributed by atoms with Crippen LogP contribution in [0.1, 0.15) is 5.56 Å². The lowest BCUT2D eigenvalue weighted by atomic mass is 10.2. The molecule has 0 amide bonds. The molecule has 0 aliphatic heterocycles. The van der Waals surface area contributed by atoms with Gasteiger partial charge in [-0.3, -0.25) is 0 Å². The minimum atomic E-state index is -3.43. The van der Waals surface area contributed by atoms with Crippen LogP contribution in [0, 0.1) is 12.3 Å². The topological polar surface area (TPSA) is 72.2 Å². The van der Waals surface area contributed by atoms with E-state index in [0.29, 0.717) is 24.6 Å². The van der Waals surface area contributed by atoms with Gasteiger partial charge in [0.05, 0.1) is 10.6 Å². The van der Waals surface area contributed by atoms with Gasteiger partial charge in [-0.05, 0) is 17.7 Å². The van der Waals surface area contributed by atoms with Crippen molar-refractivity contribution in [1.29, 1.82) is 0 Å². The summed E-state index contributed by atoms with van der Waals surface area (Å²) < 4.78 is 26.3. The molecule has 6 heteroatoms. The van der Waals surface area contributed by atoms with E-state index in [1.807, 2.05) is 0 Å². The van der Waals surface area contributed by atoms with Gasteiger partial charge in [-0.25, -0.2) is 13.1 Å². The van der Waals surface area contributed by atoms with E-state index in [2.05, 4.69) is 10.6 Å². The highest BCUT2D eigenvalue weighted by Gasteiger charge is 2.12. The number of rotatable bonds is 7. The summed E-state index contributed by atoms with van der Waals surface area (Å²) in [5, 5.41) is 0. The van der Waals surface area contributed by atoms with Gasteiger partial charge in [0.2, 0.25) is 10.0 Å². The molecule has 0 saturated carbocycles. The highest BCUT2D eigenvalue weighted by atomic mass is 32.2. The van der Waals surface area contributed by atoms with Crippen molar-refractivity contribution in [3.8, 4) is 12.3 Å². The van der Waals surface area contributed by atoms with Crippen molar-refractivity contribution >= 4 is 21.8 Å². The number of nitrogens with two attached hydrogens (primary N) is 1. The normalized spacial score (nSPS) is 11.1. The Labute approximate surface area is 112 Å². The number of hydrogen-bond donors (Lipinski definition) is 2. The van der Waals surface area contributed by atoms with Crippen LogP contribution >= 0.6 is 11.8 Å². The third kappa shape index (κ3) is 4.70. The first kappa shape index (κ1) is 15.1. The third-order valence-corrected chi connectivity index (χ3v) is 4.53. The van der Waals surface area contributed by atoms with Gasteiger partial charge in [0.25, 0.3) is 0 Å². The fourth-order valence-electron chi connectivity index (χ4n) is 1.27. The zero-order valence-corrected chi connectivity index (χ0v) is 11.6. The molecule has 0 spiro atoms. The first-order valence-corrected chi connectivity index (χ1v) is 8.04. The maximum atomic E-state index is 11.9. The minimum Gasteiger partial charge on any atom is -0.326 e. The number of hydrogen-bond acceptors (Lipinski definition) is 4. The van der Waals surface area contributed by atoms with Crippen molar-refractivity contribution < 1.29 is 8.42 Å². The maximum Gasteiger partial charge on any atom is 0.240 e. The summed E-state index contributed by atoms with van der Waals surface area (Å²) in [6.07, 6.45) is 5.10. The van der Waals surface area contributed by atoms with Gasteiger partial charge < -0.3 is 5.73 Å². The number of benzene rings is 1. The summed E-state index contributed by atoms with van der Waals surface area (Å²) in [4.78, 5) is 0.252. The standard InChI is InChI=1S/C12H16N2O2S2/c1-2-8-17-9-7-14-18(15,16)12-5-3-11(10-13)4-6-12/h1,3-6,14H,7-10,13H2. The Bertz CT molecular complexity index is 504. The van der Waals surface area contributed by atoms with Crippen LogP contribution in [0.2, 0.25) is 0 Å². The summed E-state index contributed by atoms with van der Waals surface area (Å²) >= 11 is 1.52. The summed E-state index contributed by atoms with van der Waals surface area (Å²) in [5.41, 5.74) is 6.35. The van der Waals surface area contributed by atoms with Crippen LogP contribution in [0.15, 0.2) is 29.2 Å². The van der Waals surface area contributed by atoms with E-state index in [0.717, 1.165) is 5.56 Å². The van der Waals surface area contributed by atoms with Crippen LogP contribution in [0.5, 0.6) is 0 Å². The summed E-state index contributed by atoms with van der Waals surface area (Å²) in [5.74, 6) is 3.73. The second kappa shape index (κ2) is 7.44. The largest absolute Gasteiger partial charge is 0.326 e. The van der Waals surface area contributed by atoms with E-state index in [-0.39, 0.29) is 4.90 Å². The highest BCUT2D eigenvalue weighted by Crippen LogP contribution is 2.10. The van der Waals surface area contributed by atoms with Crippen molar-refractivity contribution in [2.24, 2.45) is 5.73 Å². The maximum absolute atomic E-state index is 11.9. The van der Waals surface area contributed by atoms with Crippen LogP contribution in [0.4, 0.5) is 0 Å². The lowest BCUT2D eigenvalue weighted by molar-refractivity contribution is 0.584. The highest BCUT2D eigenvalue weighted by molar-refractivity contribution is 7.99. The second-order valence-electron chi connectivity index (χ2n) is 3.50. The first-order chi connectivity index (χ1) is 8.60. The van der Waals surface area contributed by atoms with Crippen LogP contribution < -0.4 is 10.5 Å². The molecule has 18 heavy (non-hydrogen) atoms. The monoisotopic (exact) mass is 284 g/mol. The summed E-state index contributed by atoms with van der Waals surface area (Å²) in [6, 6.07) is 6.53. The molecule has 1 rings (SSSR count). The Morgan fingerprint density at radius 2 is 2.00 bits per heavy atom. The van der Waals surface area contributed by atoms with Crippen molar-refractivity contribution in [2.45, 2.75) is 11.4 Å². The second-order valence-corrected chi connectivity index (χ2v) is 6.37. The van der Waals surface area contributed by atoms with Gasteiger partial charge in [0, 0.05) is 18.8 Å². The predicted molar refractivity (Wildman–Crippen MR) is 75.7 cm³/mol. The predicted octanol–water partition coefficient (Wildman–Crippen LogP) is 0.790. The molecule has 0 atom stereocenters. The molecule has 0 unspecified atom stereocenters. The molecular weight excluding hydrogens is 268 g/mol. The zero-order valence-electron chi connectivity index (χ0n) is 9.93. The molecule has 1 aromatic rings. The van der Waals surface area contributed by atoms with E-state index >= 15 is 0 Å². The van der Waals surface area contributed by atoms with Gasteiger partial charge in [0.15, 0.2) is 0 Å². The van der Waals surface area contributed by atoms with Crippen molar-refractivity contribution in [3.05, 3.63) is 29.8 Å². The Morgan fingerprint density at radius 1 is 1.33 bits per heavy atom. The molecule has 3 N–H and O–H groups in total. The molecule has 1 aromatic carbocycles. The smallest absolute Gasteiger partial charge is 0.240 e.